The van der Waals surface area contributed by atoms with E-state index in [1.807, 2.05) is 32.9 Å². The number of urea groups is 1. The zero-order valence-corrected chi connectivity index (χ0v) is 14.8. The number of non-ortho nitro benzene ring substituents is 1. The molecule has 0 saturated heterocycles. The van der Waals surface area contributed by atoms with Crippen LogP contribution in [0.2, 0.25) is 0 Å². The number of anilines is 2. The maximum atomic E-state index is 12.1. The fourth-order valence-electron chi connectivity index (χ4n) is 2.59. The molecule has 3 amide bonds. The van der Waals surface area contributed by atoms with Gasteiger partial charge in [0, 0.05) is 23.5 Å². The number of nitrogens with one attached hydrogen (secondary N) is 3. The molecule has 0 aliphatic rings. The Labute approximate surface area is 150 Å². The highest BCUT2D eigenvalue weighted by molar-refractivity contribution is 5.97. The Kier molecular flexibility index (Phi) is 5.90. The standard InChI is InChI=1S/C18H20N4O4/c1-11-7-12(2)17(13(3)8-11)21-16(23)10-19-18(24)20-14-5-4-6-15(9-14)22(25)26/h4-9H,10H2,1-3H3,(H,21,23)(H2,19,20,24). The number of carbonyl (C=O) groups is 2. The summed E-state index contributed by atoms with van der Waals surface area (Å²) in [6.07, 6.45) is 0. The van der Waals surface area contributed by atoms with Crippen LogP contribution >= 0.6 is 0 Å². The normalized spacial score (nSPS) is 10.1. The first-order valence-electron chi connectivity index (χ1n) is 7.93. The Hall–Kier alpha value is -3.42. The Morgan fingerprint density at radius 1 is 1.04 bits per heavy atom. The number of nitro benzene ring substituents is 1. The third-order valence-corrected chi connectivity index (χ3v) is 3.67. The van der Waals surface area contributed by atoms with Crippen LogP contribution in [0.15, 0.2) is 36.4 Å². The molecule has 136 valence electrons. The van der Waals surface area contributed by atoms with Crippen LogP contribution in [0.25, 0.3) is 0 Å². The first kappa shape index (κ1) is 18.9. The van der Waals surface area contributed by atoms with Crippen LogP contribution in [0.5, 0.6) is 0 Å². The van der Waals surface area contributed by atoms with Crippen LogP contribution in [-0.4, -0.2) is 23.4 Å². The van der Waals surface area contributed by atoms with Gasteiger partial charge in [0.1, 0.15) is 0 Å². The zero-order chi connectivity index (χ0) is 19.3. The van der Waals surface area contributed by atoms with Gasteiger partial charge in [-0.2, -0.15) is 0 Å². The summed E-state index contributed by atoms with van der Waals surface area (Å²) in [5.74, 6) is -0.366. The fourth-order valence-corrected chi connectivity index (χ4v) is 2.59. The van der Waals surface area contributed by atoms with Crippen molar-refractivity contribution in [2.75, 3.05) is 17.2 Å². The van der Waals surface area contributed by atoms with Crippen LogP contribution < -0.4 is 16.0 Å². The summed E-state index contributed by atoms with van der Waals surface area (Å²) in [6.45, 7) is 5.55. The molecule has 0 aromatic heterocycles. The lowest BCUT2D eigenvalue weighted by Crippen LogP contribution is -2.36. The maximum Gasteiger partial charge on any atom is 0.319 e. The lowest BCUT2D eigenvalue weighted by Gasteiger charge is -2.13. The van der Waals surface area contributed by atoms with Gasteiger partial charge >= 0.3 is 6.03 Å². The fraction of sp³-hybridized carbons (Fsp3) is 0.222. The van der Waals surface area contributed by atoms with Crippen molar-refractivity contribution in [2.24, 2.45) is 0 Å². The summed E-state index contributed by atoms with van der Waals surface area (Å²) < 4.78 is 0. The Bertz CT molecular complexity index is 841. The van der Waals surface area contributed by atoms with Crippen molar-refractivity contribution in [3.05, 3.63) is 63.2 Å². The molecular weight excluding hydrogens is 336 g/mol. The molecule has 0 aliphatic carbocycles. The average molecular weight is 356 g/mol. The second-order valence-corrected chi connectivity index (χ2v) is 5.94. The first-order chi connectivity index (χ1) is 12.3. The van der Waals surface area contributed by atoms with Crippen molar-refractivity contribution < 1.29 is 14.5 Å². The van der Waals surface area contributed by atoms with Gasteiger partial charge < -0.3 is 16.0 Å². The molecule has 0 atom stereocenters. The van der Waals surface area contributed by atoms with E-state index >= 15 is 0 Å². The second-order valence-electron chi connectivity index (χ2n) is 5.94. The van der Waals surface area contributed by atoms with Crippen molar-refractivity contribution in [2.45, 2.75) is 20.8 Å². The number of carbonyl (C=O) groups excluding carboxylic acids is 2. The molecule has 2 aromatic rings. The third kappa shape index (κ3) is 5.04. The van der Waals surface area contributed by atoms with E-state index in [2.05, 4.69) is 16.0 Å². The minimum absolute atomic E-state index is 0.133. The number of nitrogens with zero attached hydrogens (tertiary/aromatic N) is 1. The monoisotopic (exact) mass is 356 g/mol. The molecule has 0 heterocycles. The van der Waals surface area contributed by atoms with Gasteiger partial charge in [0.25, 0.3) is 5.69 Å². The van der Waals surface area contributed by atoms with Gasteiger partial charge in [-0.05, 0) is 38.0 Å². The van der Waals surface area contributed by atoms with Crippen LogP contribution in [0.1, 0.15) is 16.7 Å². The predicted octanol–water partition coefficient (Wildman–Crippen LogP) is 3.28. The number of nitro groups is 1. The Morgan fingerprint density at radius 2 is 1.69 bits per heavy atom. The van der Waals surface area contributed by atoms with Gasteiger partial charge in [0.15, 0.2) is 0 Å². The summed E-state index contributed by atoms with van der Waals surface area (Å²) in [4.78, 5) is 34.1. The van der Waals surface area contributed by atoms with E-state index < -0.39 is 11.0 Å². The van der Waals surface area contributed by atoms with Gasteiger partial charge in [-0.15, -0.1) is 0 Å². The number of hydrogen-bond donors (Lipinski definition) is 3. The van der Waals surface area contributed by atoms with E-state index in [-0.39, 0.29) is 23.8 Å². The third-order valence-electron chi connectivity index (χ3n) is 3.67. The number of benzene rings is 2. The maximum absolute atomic E-state index is 12.1. The number of rotatable bonds is 5. The van der Waals surface area contributed by atoms with E-state index in [1.165, 1.54) is 24.3 Å². The van der Waals surface area contributed by atoms with E-state index in [0.717, 1.165) is 22.4 Å². The molecule has 26 heavy (non-hydrogen) atoms. The molecule has 0 aliphatic heterocycles. The molecule has 0 radical (unpaired) electrons. The molecule has 0 unspecified atom stereocenters. The Morgan fingerprint density at radius 3 is 2.31 bits per heavy atom. The molecule has 0 bridgehead atoms. The molecule has 3 N–H and O–H groups in total. The molecule has 8 heteroatoms. The summed E-state index contributed by atoms with van der Waals surface area (Å²) in [5.41, 5.74) is 3.84. The molecule has 0 fully saturated rings. The smallest absolute Gasteiger partial charge is 0.319 e. The zero-order valence-electron chi connectivity index (χ0n) is 14.8. The number of aryl methyl sites for hydroxylation is 3. The molecule has 0 saturated carbocycles. The lowest BCUT2D eigenvalue weighted by atomic mass is 10.1. The van der Waals surface area contributed by atoms with Gasteiger partial charge in [-0.3, -0.25) is 14.9 Å². The van der Waals surface area contributed by atoms with Crippen LogP contribution in [0.3, 0.4) is 0 Å². The van der Waals surface area contributed by atoms with Crippen molar-refractivity contribution >= 4 is 29.0 Å². The average Bonchev–Trinajstić information content (AvgIpc) is 2.56. The first-order valence-corrected chi connectivity index (χ1v) is 7.93. The van der Waals surface area contributed by atoms with Gasteiger partial charge in [-0.1, -0.05) is 23.8 Å². The summed E-state index contributed by atoms with van der Waals surface area (Å²) in [7, 11) is 0. The van der Waals surface area contributed by atoms with E-state index in [0.29, 0.717) is 0 Å². The van der Waals surface area contributed by atoms with Gasteiger partial charge in [0.05, 0.1) is 11.5 Å². The summed E-state index contributed by atoms with van der Waals surface area (Å²) in [5, 5.41) is 18.4. The largest absolute Gasteiger partial charge is 0.329 e. The topological polar surface area (TPSA) is 113 Å². The summed E-state index contributed by atoms with van der Waals surface area (Å²) >= 11 is 0. The predicted molar refractivity (Wildman–Crippen MR) is 99.4 cm³/mol. The molecular formula is C18H20N4O4. The van der Waals surface area contributed by atoms with Crippen LogP contribution in [0, 0.1) is 30.9 Å². The minimum atomic E-state index is -0.627. The SMILES string of the molecule is Cc1cc(C)c(NC(=O)CNC(=O)Nc2cccc([N+](=O)[O-])c2)c(C)c1. The van der Waals surface area contributed by atoms with Crippen molar-refractivity contribution in [3.8, 4) is 0 Å². The highest BCUT2D eigenvalue weighted by Crippen LogP contribution is 2.21. The van der Waals surface area contributed by atoms with Gasteiger partial charge in [-0.25, -0.2) is 4.79 Å². The molecule has 2 aromatic carbocycles. The van der Waals surface area contributed by atoms with E-state index in [9.17, 15) is 19.7 Å². The number of amides is 3. The van der Waals surface area contributed by atoms with Crippen LogP contribution in [0.4, 0.5) is 21.9 Å². The molecule has 8 nitrogen and oxygen atoms in total. The summed E-state index contributed by atoms with van der Waals surface area (Å²) in [6, 6.07) is 8.84. The van der Waals surface area contributed by atoms with Gasteiger partial charge in [0.2, 0.25) is 5.91 Å². The number of hydrogen-bond acceptors (Lipinski definition) is 4. The van der Waals surface area contributed by atoms with E-state index in [1.54, 1.807) is 0 Å². The second kappa shape index (κ2) is 8.11. The Balaban J connectivity index is 1.90. The molecule has 0 spiro atoms. The minimum Gasteiger partial charge on any atom is -0.329 e. The van der Waals surface area contributed by atoms with Crippen molar-refractivity contribution in [1.29, 1.82) is 0 Å². The van der Waals surface area contributed by atoms with Crippen molar-refractivity contribution in [3.63, 3.8) is 0 Å². The highest BCUT2D eigenvalue weighted by Gasteiger charge is 2.11. The van der Waals surface area contributed by atoms with E-state index in [4.69, 9.17) is 0 Å². The highest BCUT2D eigenvalue weighted by atomic mass is 16.6. The molecule has 2 rings (SSSR count). The van der Waals surface area contributed by atoms with Crippen molar-refractivity contribution in [1.82, 2.24) is 5.32 Å². The quantitative estimate of drug-likeness (QED) is 0.563. The van der Waals surface area contributed by atoms with Crippen LogP contribution in [-0.2, 0) is 4.79 Å². The lowest BCUT2D eigenvalue weighted by molar-refractivity contribution is -0.384.